The van der Waals surface area contributed by atoms with Gasteiger partial charge >= 0.3 is 0 Å². The van der Waals surface area contributed by atoms with E-state index in [1.165, 1.54) is 0 Å². The van der Waals surface area contributed by atoms with Crippen LogP contribution in [0.5, 0.6) is 0 Å². The van der Waals surface area contributed by atoms with Crippen LogP contribution in [0.15, 0.2) is 16.7 Å². The first kappa shape index (κ1) is 13.6. The minimum atomic E-state index is -0.318. The van der Waals surface area contributed by atoms with Crippen LogP contribution in [0, 0.1) is 0 Å². The van der Waals surface area contributed by atoms with Crippen molar-refractivity contribution in [2.24, 2.45) is 0 Å². The lowest BCUT2D eigenvalue weighted by Crippen LogP contribution is -2.58. The molecule has 2 heterocycles. The molecule has 1 aromatic rings. The summed E-state index contributed by atoms with van der Waals surface area (Å²) in [5.74, 6) is 0.0187. The Kier molecular flexibility index (Phi) is 3.32. The van der Waals surface area contributed by atoms with Crippen LogP contribution in [0.4, 0.5) is 0 Å². The summed E-state index contributed by atoms with van der Waals surface area (Å²) in [5.41, 5.74) is -0.0296. The molecule has 0 unspecified atom stereocenters. The van der Waals surface area contributed by atoms with Crippen LogP contribution in [0.2, 0.25) is 0 Å². The molecule has 1 N–H and O–H groups in total. The number of nitrogens with one attached hydrogen (secondary N) is 1. The van der Waals surface area contributed by atoms with Crippen LogP contribution < -0.4 is 0 Å². The second-order valence-electron chi connectivity index (χ2n) is 6.01. The fourth-order valence-electron chi connectivity index (χ4n) is 2.59. The van der Waals surface area contributed by atoms with Gasteiger partial charge in [-0.3, -0.25) is 4.79 Å². The number of aromatic nitrogens is 1. The van der Waals surface area contributed by atoms with Crippen LogP contribution in [0.1, 0.15) is 38.2 Å². The van der Waals surface area contributed by atoms with Gasteiger partial charge in [-0.15, -0.1) is 0 Å². The standard InChI is InChI=1S/C13H19BrN2O2/c1-12(2)7-16(8-13(3,4)18-12)11(17)10-5-9(14)6-15-10/h5-6,15H,7-8H2,1-4H3. The largest absolute Gasteiger partial charge is 0.366 e. The molecule has 5 heteroatoms. The zero-order chi connectivity index (χ0) is 13.6. The second kappa shape index (κ2) is 4.38. The first-order valence-electron chi connectivity index (χ1n) is 6.02. The van der Waals surface area contributed by atoms with Crippen molar-refractivity contribution < 1.29 is 9.53 Å². The lowest BCUT2D eigenvalue weighted by atomic mass is 9.98. The summed E-state index contributed by atoms with van der Waals surface area (Å²) < 4.78 is 6.86. The molecular formula is C13H19BrN2O2. The second-order valence-corrected chi connectivity index (χ2v) is 6.93. The van der Waals surface area contributed by atoms with Gasteiger partial charge in [-0.05, 0) is 49.7 Å². The van der Waals surface area contributed by atoms with Gasteiger partial charge in [0.2, 0.25) is 0 Å². The smallest absolute Gasteiger partial charge is 0.270 e. The summed E-state index contributed by atoms with van der Waals surface area (Å²) in [6, 6.07) is 1.80. The number of amides is 1. The van der Waals surface area contributed by atoms with E-state index in [0.29, 0.717) is 18.8 Å². The van der Waals surface area contributed by atoms with Crippen LogP contribution in [-0.4, -0.2) is 40.1 Å². The van der Waals surface area contributed by atoms with Crippen LogP contribution in [0.25, 0.3) is 0 Å². The molecule has 1 aromatic heterocycles. The van der Waals surface area contributed by atoms with Crippen molar-refractivity contribution >= 4 is 21.8 Å². The number of aromatic amines is 1. The number of rotatable bonds is 1. The van der Waals surface area contributed by atoms with E-state index in [2.05, 4.69) is 20.9 Å². The Labute approximate surface area is 116 Å². The van der Waals surface area contributed by atoms with Gasteiger partial charge in [-0.2, -0.15) is 0 Å². The molecule has 0 radical (unpaired) electrons. The zero-order valence-electron chi connectivity index (χ0n) is 11.2. The summed E-state index contributed by atoms with van der Waals surface area (Å²) in [6.07, 6.45) is 1.77. The molecule has 1 aliphatic heterocycles. The Bertz CT molecular complexity index is 449. The molecule has 0 spiro atoms. The highest BCUT2D eigenvalue weighted by Gasteiger charge is 2.40. The average Bonchev–Trinajstić information content (AvgIpc) is 2.58. The van der Waals surface area contributed by atoms with E-state index in [1.807, 2.05) is 32.6 Å². The number of hydrogen-bond donors (Lipinski definition) is 1. The van der Waals surface area contributed by atoms with Crippen molar-refractivity contribution in [2.75, 3.05) is 13.1 Å². The minimum absolute atomic E-state index is 0.0187. The zero-order valence-corrected chi connectivity index (χ0v) is 12.8. The Balaban J connectivity index is 2.20. The van der Waals surface area contributed by atoms with Gasteiger partial charge in [0.15, 0.2) is 0 Å². The first-order chi connectivity index (χ1) is 8.19. The maximum Gasteiger partial charge on any atom is 0.270 e. The number of ether oxygens (including phenoxy) is 1. The molecule has 1 saturated heterocycles. The predicted molar refractivity (Wildman–Crippen MR) is 73.6 cm³/mol. The molecule has 1 amide bonds. The van der Waals surface area contributed by atoms with E-state index >= 15 is 0 Å². The number of carbonyl (C=O) groups is 1. The Morgan fingerprint density at radius 2 is 1.89 bits per heavy atom. The maximum atomic E-state index is 12.4. The van der Waals surface area contributed by atoms with Crippen LogP contribution >= 0.6 is 15.9 Å². The lowest BCUT2D eigenvalue weighted by Gasteiger charge is -2.47. The SMILES string of the molecule is CC1(C)CN(C(=O)c2cc(Br)c[nH]2)CC(C)(C)O1. The van der Waals surface area contributed by atoms with Gasteiger partial charge in [0.05, 0.1) is 11.2 Å². The third-order valence-corrected chi connectivity index (χ3v) is 3.32. The molecule has 4 nitrogen and oxygen atoms in total. The minimum Gasteiger partial charge on any atom is -0.366 e. The quantitative estimate of drug-likeness (QED) is 0.866. The summed E-state index contributed by atoms with van der Waals surface area (Å²) in [7, 11) is 0. The molecule has 0 saturated carbocycles. The Morgan fingerprint density at radius 3 is 2.33 bits per heavy atom. The molecular weight excluding hydrogens is 296 g/mol. The Hall–Kier alpha value is -0.810. The number of halogens is 1. The molecule has 1 fully saturated rings. The van der Waals surface area contributed by atoms with E-state index in [0.717, 1.165) is 4.47 Å². The van der Waals surface area contributed by atoms with Crippen molar-refractivity contribution in [3.05, 3.63) is 22.4 Å². The molecule has 100 valence electrons. The van der Waals surface area contributed by atoms with Gasteiger partial charge in [0.25, 0.3) is 5.91 Å². The number of nitrogens with zero attached hydrogens (tertiary/aromatic N) is 1. The van der Waals surface area contributed by atoms with E-state index < -0.39 is 0 Å². The summed E-state index contributed by atoms with van der Waals surface area (Å²) in [4.78, 5) is 17.2. The topological polar surface area (TPSA) is 45.3 Å². The van der Waals surface area contributed by atoms with E-state index in [1.54, 1.807) is 12.3 Å². The maximum absolute atomic E-state index is 12.4. The normalized spacial score (nSPS) is 21.9. The molecule has 1 aliphatic rings. The van der Waals surface area contributed by atoms with Crippen molar-refractivity contribution in [3.63, 3.8) is 0 Å². The van der Waals surface area contributed by atoms with E-state index in [4.69, 9.17) is 4.74 Å². The molecule has 0 bridgehead atoms. The highest BCUT2D eigenvalue weighted by Crippen LogP contribution is 2.29. The van der Waals surface area contributed by atoms with E-state index in [-0.39, 0.29) is 17.1 Å². The highest BCUT2D eigenvalue weighted by molar-refractivity contribution is 9.10. The summed E-state index contributed by atoms with van der Waals surface area (Å²) in [6.45, 7) is 9.26. The first-order valence-corrected chi connectivity index (χ1v) is 6.81. The van der Waals surface area contributed by atoms with Gasteiger partial charge in [0, 0.05) is 23.8 Å². The summed E-state index contributed by atoms with van der Waals surface area (Å²) >= 11 is 3.34. The fourth-order valence-corrected chi connectivity index (χ4v) is 2.94. The third-order valence-electron chi connectivity index (χ3n) is 2.86. The van der Waals surface area contributed by atoms with Crippen molar-refractivity contribution in [2.45, 2.75) is 38.9 Å². The molecule has 2 rings (SSSR count). The molecule has 0 aliphatic carbocycles. The number of hydrogen-bond acceptors (Lipinski definition) is 2. The Morgan fingerprint density at radius 1 is 1.33 bits per heavy atom. The molecule has 0 atom stereocenters. The molecule has 0 aromatic carbocycles. The van der Waals surface area contributed by atoms with Gasteiger partial charge < -0.3 is 14.6 Å². The third kappa shape index (κ3) is 2.95. The van der Waals surface area contributed by atoms with Crippen LogP contribution in [0.3, 0.4) is 0 Å². The average molecular weight is 315 g/mol. The fraction of sp³-hybridized carbons (Fsp3) is 0.615. The van der Waals surface area contributed by atoms with Crippen molar-refractivity contribution in [1.29, 1.82) is 0 Å². The van der Waals surface area contributed by atoms with Gasteiger partial charge in [0.1, 0.15) is 5.69 Å². The monoisotopic (exact) mass is 314 g/mol. The van der Waals surface area contributed by atoms with Gasteiger partial charge in [-0.1, -0.05) is 0 Å². The number of H-pyrrole nitrogens is 1. The number of morpholine rings is 1. The molecule has 18 heavy (non-hydrogen) atoms. The van der Waals surface area contributed by atoms with Crippen molar-refractivity contribution in [3.8, 4) is 0 Å². The summed E-state index contributed by atoms with van der Waals surface area (Å²) in [5, 5.41) is 0. The lowest BCUT2D eigenvalue weighted by molar-refractivity contribution is -0.171. The predicted octanol–water partition coefficient (Wildman–Crippen LogP) is 2.81. The number of carbonyl (C=O) groups excluding carboxylic acids is 1. The van der Waals surface area contributed by atoms with Crippen molar-refractivity contribution in [1.82, 2.24) is 9.88 Å². The highest BCUT2D eigenvalue weighted by atomic mass is 79.9. The van der Waals surface area contributed by atoms with E-state index in [9.17, 15) is 4.79 Å². The van der Waals surface area contributed by atoms with Crippen LogP contribution in [-0.2, 0) is 4.74 Å². The van der Waals surface area contributed by atoms with Gasteiger partial charge in [-0.25, -0.2) is 0 Å².